The topological polar surface area (TPSA) is 23.6 Å². The number of fused-ring (bicyclic) bond motifs is 2. The summed E-state index contributed by atoms with van der Waals surface area (Å²) in [5.74, 6) is 0.276. The van der Waals surface area contributed by atoms with E-state index < -0.39 is 0 Å². The van der Waals surface area contributed by atoms with Gasteiger partial charge in [-0.05, 0) is 32.7 Å². The number of nitrogens with zero attached hydrogens (tertiary/aromatic N) is 2. The van der Waals surface area contributed by atoms with Crippen molar-refractivity contribution in [1.82, 2.24) is 9.80 Å². The number of rotatable bonds is 1. The lowest BCUT2D eigenvalue weighted by Crippen LogP contribution is -2.55. The normalized spacial score (nSPS) is 43.2. The van der Waals surface area contributed by atoms with Crippen LogP contribution in [0.2, 0.25) is 0 Å². The van der Waals surface area contributed by atoms with Gasteiger partial charge in [0.2, 0.25) is 5.91 Å². The van der Waals surface area contributed by atoms with Crippen LogP contribution >= 0.6 is 11.6 Å². The van der Waals surface area contributed by atoms with Crippen LogP contribution in [-0.2, 0) is 4.79 Å². The molecule has 0 radical (unpaired) electrons. The molecule has 0 spiro atoms. The Balaban J connectivity index is 1.71. The van der Waals surface area contributed by atoms with Crippen molar-refractivity contribution in [3.05, 3.63) is 0 Å². The minimum absolute atomic E-state index is 0.0435. The molecular weight excluding hydrogens is 236 g/mol. The maximum absolute atomic E-state index is 11.9. The van der Waals surface area contributed by atoms with Crippen LogP contribution in [0.5, 0.6) is 0 Å². The quantitative estimate of drug-likeness (QED) is 0.669. The Bertz CT molecular complexity index is 309. The molecule has 4 heteroatoms. The third-order valence-electron chi connectivity index (χ3n) is 4.87. The average molecular weight is 257 g/mol. The second kappa shape index (κ2) is 4.43. The number of likely N-dealkylation sites (tertiary alicyclic amines) is 1. The van der Waals surface area contributed by atoms with Gasteiger partial charge in [0.15, 0.2) is 0 Å². The maximum Gasteiger partial charge on any atom is 0.224 e. The third-order valence-corrected chi connectivity index (χ3v) is 5.16. The van der Waals surface area contributed by atoms with Crippen molar-refractivity contribution >= 4 is 17.5 Å². The Morgan fingerprint density at radius 2 is 1.82 bits per heavy atom. The summed E-state index contributed by atoms with van der Waals surface area (Å²) < 4.78 is 0. The van der Waals surface area contributed by atoms with Gasteiger partial charge in [-0.25, -0.2) is 0 Å². The zero-order valence-corrected chi connectivity index (χ0v) is 11.2. The van der Waals surface area contributed by atoms with Crippen LogP contribution in [0.4, 0.5) is 0 Å². The minimum atomic E-state index is 0.0435. The average Bonchev–Trinajstić information content (AvgIpc) is 2.57. The largest absolute Gasteiger partial charge is 0.338 e. The number of carbonyl (C=O) groups excluding carboxylic acids is 1. The Labute approximate surface area is 108 Å². The first-order valence-electron chi connectivity index (χ1n) is 6.80. The fraction of sp³-hybridized carbons (Fsp3) is 0.923. The van der Waals surface area contributed by atoms with Crippen molar-refractivity contribution in [3.63, 3.8) is 0 Å². The lowest BCUT2D eigenvalue weighted by Gasteiger charge is -2.49. The molecule has 0 aliphatic carbocycles. The summed E-state index contributed by atoms with van der Waals surface area (Å²) >= 11 is 6.10. The fourth-order valence-corrected chi connectivity index (χ4v) is 4.16. The lowest BCUT2D eigenvalue weighted by molar-refractivity contribution is -0.131. The molecule has 3 rings (SSSR count). The minimum Gasteiger partial charge on any atom is -0.338 e. The van der Waals surface area contributed by atoms with Crippen molar-refractivity contribution in [3.8, 4) is 0 Å². The van der Waals surface area contributed by atoms with Gasteiger partial charge in [0, 0.05) is 31.1 Å². The van der Waals surface area contributed by atoms with Crippen molar-refractivity contribution < 1.29 is 4.79 Å². The molecular formula is C13H21ClN2O. The van der Waals surface area contributed by atoms with E-state index in [0.29, 0.717) is 24.5 Å². The van der Waals surface area contributed by atoms with Gasteiger partial charge in [0.05, 0.1) is 5.38 Å². The van der Waals surface area contributed by atoms with Gasteiger partial charge in [-0.15, -0.1) is 11.6 Å². The lowest BCUT2D eigenvalue weighted by atomic mass is 9.82. The predicted octanol–water partition coefficient (Wildman–Crippen LogP) is 1.84. The van der Waals surface area contributed by atoms with Gasteiger partial charge in [0.25, 0.3) is 0 Å². The van der Waals surface area contributed by atoms with Crippen LogP contribution in [0.25, 0.3) is 0 Å². The molecule has 0 aromatic carbocycles. The molecule has 3 heterocycles. The number of alkyl halides is 1. The summed E-state index contributed by atoms with van der Waals surface area (Å²) in [6, 6.07) is 1.84. The fourth-order valence-electron chi connectivity index (χ4n) is 3.88. The van der Waals surface area contributed by atoms with Crippen molar-refractivity contribution in [1.29, 1.82) is 0 Å². The monoisotopic (exact) mass is 256 g/mol. The second-order valence-corrected chi connectivity index (χ2v) is 6.49. The van der Waals surface area contributed by atoms with E-state index in [1.807, 2.05) is 0 Å². The van der Waals surface area contributed by atoms with E-state index in [2.05, 4.69) is 16.8 Å². The van der Waals surface area contributed by atoms with Gasteiger partial charge < -0.3 is 9.80 Å². The van der Waals surface area contributed by atoms with E-state index in [1.54, 1.807) is 0 Å². The van der Waals surface area contributed by atoms with E-state index in [9.17, 15) is 4.79 Å². The maximum atomic E-state index is 11.9. The summed E-state index contributed by atoms with van der Waals surface area (Å²) in [6.45, 7) is 0.772. The molecule has 4 atom stereocenters. The van der Waals surface area contributed by atoms with Gasteiger partial charge in [-0.1, -0.05) is 6.42 Å². The van der Waals surface area contributed by atoms with E-state index in [1.165, 1.54) is 19.3 Å². The summed E-state index contributed by atoms with van der Waals surface area (Å²) in [5.41, 5.74) is 0. The number of amides is 1. The molecule has 3 aliphatic rings. The summed E-state index contributed by atoms with van der Waals surface area (Å²) in [6.07, 6.45) is 6.82. The molecule has 96 valence electrons. The van der Waals surface area contributed by atoms with Crippen molar-refractivity contribution in [2.45, 2.75) is 62.0 Å². The molecule has 3 aliphatic heterocycles. The zero-order chi connectivity index (χ0) is 12.0. The van der Waals surface area contributed by atoms with Gasteiger partial charge in [-0.3, -0.25) is 4.79 Å². The molecule has 0 saturated carbocycles. The van der Waals surface area contributed by atoms with E-state index in [0.717, 1.165) is 19.4 Å². The highest BCUT2D eigenvalue weighted by atomic mass is 35.5. The third kappa shape index (κ3) is 2.08. The molecule has 1 amide bonds. The molecule has 0 aromatic heterocycles. The highest BCUT2D eigenvalue weighted by molar-refractivity contribution is 6.22. The molecule has 0 aromatic rings. The highest BCUT2D eigenvalue weighted by Gasteiger charge is 2.41. The first-order valence-corrected chi connectivity index (χ1v) is 7.24. The number of hydrogen-bond donors (Lipinski definition) is 0. The zero-order valence-electron chi connectivity index (χ0n) is 10.4. The van der Waals surface area contributed by atoms with Gasteiger partial charge >= 0.3 is 0 Å². The van der Waals surface area contributed by atoms with Crippen LogP contribution in [-0.4, -0.2) is 52.8 Å². The highest BCUT2D eigenvalue weighted by Crippen LogP contribution is 2.36. The Hall–Kier alpha value is -0.280. The molecule has 2 unspecified atom stereocenters. The first kappa shape index (κ1) is 11.8. The van der Waals surface area contributed by atoms with Crippen molar-refractivity contribution in [2.75, 3.05) is 13.6 Å². The van der Waals surface area contributed by atoms with Crippen LogP contribution in [0.3, 0.4) is 0 Å². The van der Waals surface area contributed by atoms with Crippen LogP contribution in [0.15, 0.2) is 0 Å². The van der Waals surface area contributed by atoms with Crippen molar-refractivity contribution in [2.24, 2.45) is 0 Å². The Morgan fingerprint density at radius 1 is 1.18 bits per heavy atom. The van der Waals surface area contributed by atoms with Crippen LogP contribution in [0.1, 0.15) is 38.5 Å². The van der Waals surface area contributed by atoms with Crippen LogP contribution in [0, 0.1) is 0 Å². The summed E-state index contributed by atoms with van der Waals surface area (Å²) in [5, 5.41) is 0.0435. The Morgan fingerprint density at radius 3 is 2.35 bits per heavy atom. The number of carbonyl (C=O) groups is 1. The Kier molecular flexibility index (Phi) is 3.07. The van der Waals surface area contributed by atoms with Gasteiger partial charge in [-0.2, -0.15) is 0 Å². The molecule has 3 nitrogen and oxygen atoms in total. The number of hydrogen-bond acceptors (Lipinski definition) is 2. The number of halogens is 1. The molecule has 0 N–H and O–H groups in total. The van der Waals surface area contributed by atoms with Crippen LogP contribution < -0.4 is 0 Å². The summed E-state index contributed by atoms with van der Waals surface area (Å²) in [7, 11) is 2.25. The predicted molar refractivity (Wildman–Crippen MR) is 68.2 cm³/mol. The second-order valence-electron chi connectivity index (χ2n) is 5.88. The molecule has 17 heavy (non-hydrogen) atoms. The SMILES string of the molecule is CN1[C@@H]2CCC[C@H]1CC(N1CC(Cl)CC1=O)C2. The molecule has 3 fully saturated rings. The molecule has 3 saturated heterocycles. The summed E-state index contributed by atoms with van der Waals surface area (Å²) in [4.78, 5) is 16.5. The van der Waals surface area contributed by atoms with Gasteiger partial charge in [0.1, 0.15) is 0 Å². The first-order chi connectivity index (χ1) is 8.15. The van der Waals surface area contributed by atoms with E-state index in [-0.39, 0.29) is 11.3 Å². The smallest absolute Gasteiger partial charge is 0.224 e. The standard InChI is InChI=1S/C13H21ClN2O/c1-15-10-3-2-4-11(15)7-12(6-10)16-8-9(14)5-13(16)17/h9-12H,2-8H2,1H3/t9?,10-,11+,12?. The van der Waals surface area contributed by atoms with E-state index >= 15 is 0 Å². The van der Waals surface area contributed by atoms with E-state index in [4.69, 9.17) is 11.6 Å². The number of piperidine rings is 2. The molecule has 2 bridgehead atoms.